The summed E-state index contributed by atoms with van der Waals surface area (Å²) < 4.78 is 4.84. The molecule has 0 aliphatic carbocycles. The molecular weight excluding hydrogens is 270 g/mol. The molecule has 1 aromatic rings. The molecule has 1 atom stereocenters. The average molecular weight is 293 g/mol. The highest BCUT2D eigenvalue weighted by atomic mass is 16.5. The highest BCUT2D eigenvalue weighted by molar-refractivity contribution is 5.78. The number of carbonyl (C=O) groups excluding carboxylic acids is 2. The third-order valence-corrected chi connectivity index (χ3v) is 3.02. The van der Waals surface area contributed by atoms with E-state index in [0.717, 1.165) is 5.56 Å². The molecule has 6 heteroatoms. The van der Waals surface area contributed by atoms with Crippen LogP contribution in [0.3, 0.4) is 0 Å². The van der Waals surface area contributed by atoms with Crippen LogP contribution in [0.2, 0.25) is 0 Å². The zero-order chi connectivity index (χ0) is 15.7. The molecule has 0 aromatic heterocycles. The van der Waals surface area contributed by atoms with Crippen molar-refractivity contribution in [2.45, 2.75) is 5.92 Å². The molecule has 0 aliphatic heterocycles. The molecule has 0 heterocycles. The minimum Gasteiger partial charge on any atom is -0.469 e. The van der Waals surface area contributed by atoms with Crippen LogP contribution in [-0.2, 0) is 9.53 Å². The lowest BCUT2D eigenvalue weighted by molar-refractivity contribution is -0.142. The highest BCUT2D eigenvalue weighted by Crippen LogP contribution is 2.15. The van der Waals surface area contributed by atoms with Crippen LogP contribution in [-0.4, -0.2) is 57.7 Å². The van der Waals surface area contributed by atoms with E-state index in [-0.39, 0.29) is 17.9 Å². The van der Waals surface area contributed by atoms with Gasteiger partial charge in [0.1, 0.15) is 0 Å². The molecule has 2 amide bonds. The molecule has 0 saturated heterocycles. The fraction of sp³-hybridized carbons (Fsp3) is 0.467. The largest absolute Gasteiger partial charge is 0.469 e. The smallest absolute Gasteiger partial charge is 0.316 e. The van der Waals surface area contributed by atoms with Gasteiger partial charge in [-0.15, -0.1) is 0 Å². The van der Waals surface area contributed by atoms with Crippen LogP contribution in [0.4, 0.5) is 4.79 Å². The van der Waals surface area contributed by atoms with Crippen molar-refractivity contribution in [1.82, 2.24) is 15.5 Å². The molecule has 1 aromatic carbocycles. The second-order valence-corrected chi connectivity index (χ2v) is 4.82. The normalized spacial score (nSPS) is 11.6. The van der Waals surface area contributed by atoms with E-state index >= 15 is 0 Å². The SMILES string of the molecule is COC(=O)C(CNCCNC(=O)N(C)C)c1ccccc1. The maximum atomic E-state index is 11.8. The van der Waals surface area contributed by atoms with Crippen molar-refractivity contribution in [3.05, 3.63) is 35.9 Å². The van der Waals surface area contributed by atoms with Crippen LogP contribution >= 0.6 is 0 Å². The highest BCUT2D eigenvalue weighted by Gasteiger charge is 2.20. The van der Waals surface area contributed by atoms with Crippen LogP contribution in [0.15, 0.2) is 30.3 Å². The lowest BCUT2D eigenvalue weighted by atomic mass is 9.99. The van der Waals surface area contributed by atoms with Crippen molar-refractivity contribution in [1.29, 1.82) is 0 Å². The number of benzene rings is 1. The third kappa shape index (κ3) is 5.83. The van der Waals surface area contributed by atoms with E-state index in [1.807, 2.05) is 30.3 Å². The summed E-state index contributed by atoms with van der Waals surface area (Å²) in [5.41, 5.74) is 0.911. The zero-order valence-corrected chi connectivity index (χ0v) is 12.8. The average Bonchev–Trinajstić information content (AvgIpc) is 2.50. The number of urea groups is 1. The van der Waals surface area contributed by atoms with Crippen molar-refractivity contribution in [3.8, 4) is 0 Å². The molecule has 0 radical (unpaired) electrons. The maximum absolute atomic E-state index is 11.8. The Kier molecular flexibility index (Phi) is 7.25. The number of nitrogens with one attached hydrogen (secondary N) is 2. The van der Waals surface area contributed by atoms with Gasteiger partial charge in [0.05, 0.1) is 13.0 Å². The Labute approximate surface area is 125 Å². The van der Waals surface area contributed by atoms with Crippen LogP contribution in [0.25, 0.3) is 0 Å². The van der Waals surface area contributed by atoms with Gasteiger partial charge in [-0.1, -0.05) is 30.3 Å². The summed E-state index contributed by atoms with van der Waals surface area (Å²) in [6.07, 6.45) is 0. The third-order valence-electron chi connectivity index (χ3n) is 3.02. The summed E-state index contributed by atoms with van der Waals surface area (Å²) in [5.74, 6) is -0.619. The van der Waals surface area contributed by atoms with E-state index in [9.17, 15) is 9.59 Å². The number of esters is 1. The van der Waals surface area contributed by atoms with E-state index in [4.69, 9.17) is 4.74 Å². The molecule has 0 fully saturated rings. The molecule has 2 N–H and O–H groups in total. The lowest BCUT2D eigenvalue weighted by Gasteiger charge is -2.16. The predicted molar refractivity (Wildman–Crippen MR) is 81.2 cm³/mol. The van der Waals surface area contributed by atoms with E-state index in [1.54, 1.807) is 14.1 Å². The van der Waals surface area contributed by atoms with Gasteiger partial charge in [0, 0.05) is 33.7 Å². The number of hydrogen-bond donors (Lipinski definition) is 2. The zero-order valence-electron chi connectivity index (χ0n) is 12.8. The fourth-order valence-corrected chi connectivity index (χ4v) is 1.83. The number of carbonyl (C=O) groups is 2. The summed E-state index contributed by atoms with van der Waals surface area (Å²) in [6, 6.07) is 9.35. The van der Waals surface area contributed by atoms with Crippen LogP contribution in [0, 0.1) is 0 Å². The van der Waals surface area contributed by atoms with Gasteiger partial charge in [-0.05, 0) is 5.56 Å². The molecular formula is C15H23N3O3. The molecule has 0 bridgehead atoms. The Hall–Kier alpha value is -2.08. The summed E-state index contributed by atoms with van der Waals surface area (Å²) in [7, 11) is 4.76. The van der Waals surface area contributed by atoms with Crippen LogP contribution < -0.4 is 10.6 Å². The first-order valence-corrected chi connectivity index (χ1v) is 6.85. The Morgan fingerprint density at radius 2 is 1.86 bits per heavy atom. The summed E-state index contributed by atoms with van der Waals surface area (Å²) >= 11 is 0. The molecule has 0 saturated carbocycles. The van der Waals surface area contributed by atoms with Crippen molar-refractivity contribution >= 4 is 12.0 Å². The van der Waals surface area contributed by atoms with Gasteiger partial charge in [-0.2, -0.15) is 0 Å². The van der Waals surface area contributed by atoms with E-state index in [0.29, 0.717) is 19.6 Å². The summed E-state index contributed by atoms with van der Waals surface area (Å²) in [4.78, 5) is 24.6. The number of rotatable bonds is 7. The van der Waals surface area contributed by atoms with Crippen molar-refractivity contribution in [3.63, 3.8) is 0 Å². The molecule has 6 nitrogen and oxygen atoms in total. The molecule has 0 spiro atoms. The number of methoxy groups -OCH3 is 1. The van der Waals surface area contributed by atoms with Gasteiger partial charge in [-0.25, -0.2) is 4.79 Å². The van der Waals surface area contributed by atoms with Gasteiger partial charge in [0.15, 0.2) is 0 Å². The first-order chi connectivity index (χ1) is 10.1. The molecule has 1 rings (SSSR count). The quantitative estimate of drug-likeness (QED) is 0.576. The predicted octanol–water partition coefficient (Wildman–Crippen LogP) is 0.804. The maximum Gasteiger partial charge on any atom is 0.316 e. The van der Waals surface area contributed by atoms with Gasteiger partial charge >= 0.3 is 12.0 Å². The standard InChI is InChI=1S/C15H23N3O3/c1-18(2)15(20)17-10-9-16-11-13(14(19)21-3)12-7-5-4-6-8-12/h4-8,13,16H,9-11H2,1-3H3,(H,17,20). The number of hydrogen-bond acceptors (Lipinski definition) is 4. The van der Waals surface area contributed by atoms with Crippen LogP contribution in [0.5, 0.6) is 0 Å². The van der Waals surface area contributed by atoms with Gasteiger partial charge < -0.3 is 20.3 Å². The Morgan fingerprint density at radius 3 is 2.43 bits per heavy atom. The topological polar surface area (TPSA) is 70.7 Å². The minimum absolute atomic E-state index is 0.135. The number of amides is 2. The molecule has 116 valence electrons. The second kappa shape index (κ2) is 8.97. The summed E-state index contributed by atoms with van der Waals surface area (Å²) in [5, 5.41) is 5.91. The monoisotopic (exact) mass is 293 g/mol. The first-order valence-electron chi connectivity index (χ1n) is 6.85. The number of nitrogens with zero attached hydrogens (tertiary/aromatic N) is 1. The van der Waals surface area contributed by atoms with E-state index in [2.05, 4.69) is 10.6 Å². The number of ether oxygens (including phenoxy) is 1. The second-order valence-electron chi connectivity index (χ2n) is 4.82. The molecule has 21 heavy (non-hydrogen) atoms. The van der Waals surface area contributed by atoms with Crippen molar-refractivity contribution in [2.75, 3.05) is 40.8 Å². The van der Waals surface area contributed by atoms with Gasteiger partial charge in [0.25, 0.3) is 0 Å². The minimum atomic E-state index is -0.347. The molecule has 1 unspecified atom stereocenters. The Balaban J connectivity index is 2.41. The van der Waals surface area contributed by atoms with E-state index in [1.165, 1.54) is 12.0 Å². The van der Waals surface area contributed by atoms with Crippen molar-refractivity contribution in [2.24, 2.45) is 0 Å². The Bertz CT molecular complexity index is 449. The fourth-order valence-electron chi connectivity index (χ4n) is 1.83. The van der Waals surface area contributed by atoms with Crippen LogP contribution in [0.1, 0.15) is 11.5 Å². The first kappa shape index (κ1) is 17.0. The summed E-state index contributed by atoms with van der Waals surface area (Å²) in [6.45, 7) is 1.55. The lowest BCUT2D eigenvalue weighted by Crippen LogP contribution is -2.39. The Morgan fingerprint density at radius 1 is 1.19 bits per heavy atom. The molecule has 0 aliphatic rings. The van der Waals surface area contributed by atoms with Gasteiger partial charge in [-0.3, -0.25) is 4.79 Å². The van der Waals surface area contributed by atoms with E-state index < -0.39 is 0 Å². The van der Waals surface area contributed by atoms with Crippen molar-refractivity contribution < 1.29 is 14.3 Å². The van der Waals surface area contributed by atoms with Gasteiger partial charge in [0.2, 0.25) is 0 Å².